The van der Waals surface area contributed by atoms with E-state index in [1.54, 1.807) is 0 Å². The lowest BCUT2D eigenvalue weighted by atomic mass is 10.0. The zero-order valence-corrected chi connectivity index (χ0v) is 10.4. The summed E-state index contributed by atoms with van der Waals surface area (Å²) in [7, 11) is 0. The first-order valence-electron chi connectivity index (χ1n) is 6.29. The van der Waals surface area contributed by atoms with Gasteiger partial charge in [-0.15, -0.1) is 0 Å². The van der Waals surface area contributed by atoms with Crippen LogP contribution in [0.25, 0.3) is 0 Å². The van der Waals surface area contributed by atoms with Gasteiger partial charge in [-0.1, -0.05) is 39.5 Å². The highest BCUT2D eigenvalue weighted by atomic mass is 19.4. The molecule has 0 bridgehead atoms. The Morgan fingerprint density at radius 1 is 1.00 bits per heavy atom. The Kier molecular flexibility index (Phi) is 8.71. The van der Waals surface area contributed by atoms with Crippen LogP contribution < -0.4 is 5.32 Å². The van der Waals surface area contributed by atoms with Crippen LogP contribution >= 0.6 is 0 Å². The van der Waals surface area contributed by atoms with Crippen molar-refractivity contribution in [1.82, 2.24) is 5.32 Å². The molecule has 98 valence electrons. The summed E-state index contributed by atoms with van der Waals surface area (Å²) in [6, 6.07) is -0.392. The molecule has 0 aromatic carbocycles. The van der Waals surface area contributed by atoms with Crippen molar-refractivity contribution in [3.05, 3.63) is 0 Å². The third kappa shape index (κ3) is 10.3. The van der Waals surface area contributed by atoms with Gasteiger partial charge in [0.25, 0.3) is 0 Å². The molecule has 0 spiro atoms. The van der Waals surface area contributed by atoms with Gasteiger partial charge in [-0.05, 0) is 19.4 Å². The standard InChI is InChI=1S/C12H24F3N/c1-3-5-6-7-8-11(16-9-4-2)10-12(13,14)15/h11,16H,3-10H2,1-2H3. The summed E-state index contributed by atoms with van der Waals surface area (Å²) < 4.78 is 36.8. The normalized spacial score (nSPS) is 14.1. The summed E-state index contributed by atoms with van der Waals surface area (Å²) in [5, 5.41) is 2.98. The summed E-state index contributed by atoms with van der Waals surface area (Å²) in [5.41, 5.74) is 0. The molecule has 0 radical (unpaired) electrons. The second-order valence-corrected chi connectivity index (χ2v) is 4.32. The van der Waals surface area contributed by atoms with Crippen molar-refractivity contribution in [3.8, 4) is 0 Å². The molecule has 0 heterocycles. The minimum Gasteiger partial charge on any atom is -0.314 e. The fraction of sp³-hybridized carbons (Fsp3) is 1.00. The van der Waals surface area contributed by atoms with Crippen molar-refractivity contribution >= 4 is 0 Å². The van der Waals surface area contributed by atoms with E-state index in [9.17, 15) is 13.2 Å². The molecule has 0 aliphatic carbocycles. The molecule has 0 aliphatic heterocycles. The molecule has 0 amide bonds. The van der Waals surface area contributed by atoms with E-state index >= 15 is 0 Å². The van der Waals surface area contributed by atoms with E-state index < -0.39 is 18.6 Å². The van der Waals surface area contributed by atoms with Crippen molar-refractivity contribution in [1.29, 1.82) is 0 Å². The number of halogens is 3. The summed E-state index contributed by atoms with van der Waals surface area (Å²) in [6.45, 7) is 4.74. The fourth-order valence-corrected chi connectivity index (χ4v) is 1.72. The average Bonchev–Trinajstić information content (AvgIpc) is 2.18. The first-order valence-corrected chi connectivity index (χ1v) is 6.29. The van der Waals surface area contributed by atoms with E-state index in [0.29, 0.717) is 13.0 Å². The zero-order chi connectivity index (χ0) is 12.4. The van der Waals surface area contributed by atoms with E-state index in [-0.39, 0.29) is 0 Å². The second kappa shape index (κ2) is 8.85. The van der Waals surface area contributed by atoms with E-state index in [2.05, 4.69) is 12.2 Å². The number of hydrogen-bond acceptors (Lipinski definition) is 1. The van der Waals surface area contributed by atoms with Crippen LogP contribution in [0.15, 0.2) is 0 Å². The average molecular weight is 239 g/mol. The molecule has 0 saturated heterocycles. The monoisotopic (exact) mass is 239 g/mol. The lowest BCUT2D eigenvalue weighted by Crippen LogP contribution is -2.34. The van der Waals surface area contributed by atoms with Crippen LogP contribution in [0.2, 0.25) is 0 Å². The highest BCUT2D eigenvalue weighted by Gasteiger charge is 2.31. The predicted molar refractivity (Wildman–Crippen MR) is 61.5 cm³/mol. The van der Waals surface area contributed by atoms with Gasteiger partial charge in [-0.2, -0.15) is 13.2 Å². The molecule has 0 aromatic rings. The van der Waals surface area contributed by atoms with Crippen molar-refractivity contribution in [2.75, 3.05) is 6.54 Å². The van der Waals surface area contributed by atoms with Crippen molar-refractivity contribution in [2.45, 2.75) is 71.0 Å². The molecule has 0 fully saturated rings. The van der Waals surface area contributed by atoms with Crippen LogP contribution in [0.1, 0.15) is 58.8 Å². The highest BCUT2D eigenvalue weighted by molar-refractivity contribution is 4.70. The topological polar surface area (TPSA) is 12.0 Å². The number of alkyl halides is 3. The molecule has 1 N–H and O–H groups in total. The minimum atomic E-state index is -4.05. The number of nitrogens with one attached hydrogen (secondary N) is 1. The summed E-state index contributed by atoms with van der Waals surface area (Å²) in [5.74, 6) is 0. The summed E-state index contributed by atoms with van der Waals surface area (Å²) in [6.07, 6.45) is 0.945. The predicted octanol–water partition coefficient (Wildman–Crippen LogP) is 4.28. The lowest BCUT2D eigenvalue weighted by molar-refractivity contribution is -0.140. The maximum absolute atomic E-state index is 12.3. The maximum atomic E-state index is 12.3. The van der Waals surface area contributed by atoms with E-state index in [1.807, 2.05) is 6.92 Å². The van der Waals surface area contributed by atoms with Gasteiger partial charge >= 0.3 is 6.18 Å². The van der Waals surface area contributed by atoms with E-state index in [1.165, 1.54) is 0 Å². The summed E-state index contributed by atoms with van der Waals surface area (Å²) >= 11 is 0. The van der Waals surface area contributed by atoms with Gasteiger partial charge in [0.1, 0.15) is 0 Å². The molecule has 1 atom stereocenters. The number of unbranched alkanes of at least 4 members (excludes halogenated alkanes) is 3. The van der Waals surface area contributed by atoms with Crippen LogP contribution in [0.4, 0.5) is 13.2 Å². The van der Waals surface area contributed by atoms with Gasteiger partial charge in [0.15, 0.2) is 0 Å². The Bertz CT molecular complexity index is 157. The van der Waals surface area contributed by atoms with Crippen LogP contribution in [-0.2, 0) is 0 Å². The summed E-state index contributed by atoms with van der Waals surface area (Å²) in [4.78, 5) is 0. The molecule has 4 heteroatoms. The van der Waals surface area contributed by atoms with Crippen LogP contribution in [0, 0.1) is 0 Å². The van der Waals surface area contributed by atoms with Gasteiger partial charge in [0, 0.05) is 6.04 Å². The van der Waals surface area contributed by atoms with Crippen molar-refractivity contribution < 1.29 is 13.2 Å². The Morgan fingerprint density at radius 2 is 1.69 bits per heavy atom. The molecule has 0 aliphatic rings. The molecule has 0 saturated carbocycles. The quantitative estimate of drug-likeness (QED) is 0.592. The molecular weight excluding hydrogens is 215 g/mol. The Balaban J connectivity index is 3.81. The molecule has 1 nitrogen and oxygen atoms in total. The third-order valence-corrected chi connectivity index (χ3v) is 2.57. The maximum Gasteiger partial charge on any atom is 0.390 e. The van der Waals surface area contributed by atoms with Crippen LogP contribution in [-0.4, -0.2) is 18.8 Å². The zero-order valence-electron chi connectivity index (χ0n) is 10.4. The SMILES string of the molecule is CCCCCCC(CC(F)(F)F)NCCC. The number of rotatable bonds is 9. The first kappa shape index (κ1) is 15.8. The van der Waals surface area contributed by atoms with Gasteiger partial charge in [0.2, 0.25) is 0 Å². The third-order valence-electron chi connectivity index (χ3n) is 2.57. The van der Waals surface area contributed by atoms with Crippen LogP contribution in [0.5, 0.6) is 0 Å². The minimum absolute atomic E-state index is 0.392. The molecule has 1 unspecified atom stereocenters. The fourth-order valence-electron chi connectivity index (χ4n) is 1.72. The Labute approximate surface area is 96.8 Å². The number of hydrogen-bond donors (Lipinski definition) is 1. The Hall–Kier alpha value is -0.250. The lowest BCUT2D eigenvalue weighted by Gasteiger charge is -2.19. The van der Waals surface area contributed by atoms with Gasteiger partial charge < -0.3 is 5.32 Å². The molecule has 0 rings (SSSR count). The molecule has 0 aromatic heterocycles. The van der Waals surface area contributed by atoms with Gasteiger partial charge in [-0.3, -0.25) is 0 Å². The molecular formula is C12H24F3N. The second-order valence-electron chi connectivity index (χ2n) is 4.32. The highest BCUT2D eigenvalue weighted by Crippen LogP contribution is 2.23. The molecule has 16 heavy (non-hydrogen) atoms. The van der Waals surface area contributed by atoms with Gasteiger partial charge in [0.05, 0.1) is 6.42 Å². The van der Waals surface area contributed by atoms with Crippen molar-refractivity contribution in [2.24, 2.45) is 0 Å². The van der Waals surface area contributed by atoms with Crippen LogP contribution in [0.3, 0.4) is 0 Å². The first-order chi connectivity index (χ1) is 7.49. The van der Waals surface area contributed by atoms with Gasteiger partial charge in [-0.25, -0.2) is 0 Å². The van der Waals surface area contributed by atoms with E-state index in [4.69, 9.17) is 0 Å². The smallest absolute Gasteiger partial charge is 0.314 e. The van der Waals surface area contributed by atoms with E-state index in [0.717, 1.165) is 32.1 Å². The Morgan fingerprint density at radius 3 is 2.19 bits per heavy atom. The van der Waals surface area contributed by atoms with Crippen molar-refractivity contribution in [3.63, 3.8) is 0 Å². The largest absolute Gasteiger partial charge is 0.390 e.